The minimum absolute atomic E-state index is 0.840. The van der Waals surface area contributed by atoms with E-state index in [0.29, 0.717) is 0 Å². The van der Waals surface area contributed by atoms with Crippen LogP contribution in [0.25, 0.3) is 0 Å². The number of hydrogen-bond acceptors (Lipinski definition) is 3. The highest BCUT2D eigenvalue weighted by molar-refractivity contribution is 4.97. The number of rotatable bonds is 5. The number of nitrogens with one attached hydrogen (secondary N) is 1. The molecule has 0 fully saturated rings. The topological polar surface area (TPSA) is 33.1 Å². The SMILES string of the molecule is CCCn1cncc1CNN(C)C. The van der Waals surface area contributed by atoms with E-state index in [1.807, 2.05) is 31.6 Å². The number of hydrazine groups is 1. The van der Waals surface area contributed by atoms with Gasteiger partial charge in [0.15, 0.2) is 0 Å². The molecular weight excluding hydrogens is 164 g/mol. The molecule has 0 radical (unpaired) electrons. The zero-order chi connectivity index (χ0) is 9.68. The zero-order valence-electron chi connectivity index (χ0n) is 8.62. The molecule has 13 heavy (non-hydrogen) atoms. The van der Waals surface area contributed by atoms with Gasteiger partial charge in [0.05, 0.1) is 18.6 Å². The van der Waals surface area contributed by atoms with Crippen LogP contribution in [0.15, 0.2) is 12.5 Å². The molecule has 0 saturated carbocycles. The summed E-state index contributed by atoms with van der Waals surface area (Å²) in [7, 11) is 3.97. The summed E-state index contributed by atoms with van der Waals surface area (Å²) < 4.78 is 2.18. The van der Waals surface area contributed by atoms with Gasteiger partial charge in [-0.15, -0.1) is 0 Å². The van der Waals surface area contributed by atoms with Crippen LogP contribution in [0.4, 0.5) is 0 Å². The Balaban J connectivity index is 2.49. The van der Waals surface area contributed by atoms with Crippen molar-refractivity contribution in [2.24, 2.45) is 0 Å². The van der Waals surface area contributed by atoms with E-state index in [-0.39, 0.29) is 0 Å². The fourth-order valence-corrected chi connectivity index (χ4v) is 1.18. The summed E-state index contributed by atoms with van der Waals surface area (Å²) in [6, 6.07) is 0. The number of hydrogen-bond donors (Lipinski definition) is 1. The van der Waals surface area contributed by atoms with Crippen LogP contribution in [0.5, 0.6) is 0 Å². The summed E-state index contributed by atoms with van der Waals surface area (Å²) in [4.78, 5) is 4.12. The average molecular weight is 182 g/mol. The summed E-state index contributed by atoms with van der Waals surface area (Å²) in [5.41, 5.74) is 4.45. The monoisotopic (exact) mass is 182 g/mol. The van der Waals surface area contributed by atoms with E-state index in [4.69, 9.17) is 0 Å². The van der Waals surface area contributed by atoms with Crippen LogP contribution in [0, 0.1) is 0 Å². The fraction of sp³-hybridized carbons (Fsp3) is 0.667. The smallest absolute Gasteiger partial charge is 0.0948 e. The van der Waals surface area contributed by atoms with Gasteiger partial charge in [-0.05, 0) is 6.42 Å². The van der Waals surface area contributed by atoms with Crippen molar-refractivity contribution >= 4 is 0 Å². The van der Waals surface area contributed by atoms with Gasteiger partial charge in [0.25, 0.3) is 0 Å². The molecule has 0 spiro atoms. The van der Waals surface area contributed by atoms with Crippen LogP contribution in [-0.4, -0.2) is 28.7 Å². The van der Waals surface area contributed by atoms with Crippen LogP contribution in [0.2, 0.25) is 0 Å². The molecule has 1 aromatic rings. The van der Waals surface area contributed by atoms with Gasteiger partial charge in [-0.3, -0.25) is 5.01 Å². The lowest BCUT2D eigenvalue weighted by molar-refractivity contribution is 0.281. The second-order valence-electron chi connectivity index (χ2n) is 3.31. The van der Waals surface area contributed by atoms with E-state index in [1.54, 1.807) is 0 Å². The van der Waals surface area contributed by atoms with Crippen molar-refractivity contribution in [1.29, 1.82) is 0 Å². The lowest BCUT2D eigenvalue weighted by atomic mass is 10.4. The molecule has 0 amide bonds. The van der Waals surface area contributed by atoms with Crippen LogP contribution < -0.4 is 5.43 Å². The van der Waals surface area contributed by atoms with Gasteiger partial charge in [0.2, 0.25) is 0 Å². The molecule has 1 aromatic heterocycles. The number of aryl methyl sites for hydroxylation is 1. The standard InChI is InChI=1S/C9H18N4/c1-4-5-13-8-10-6-9(13)7-11-12(2)3/h6,8,11H,4-5,7H2,1-3H3. The van der Waals surface area contributed by atoms with Crippen molar-refractivity contribution in [2.45, 2.75) is 26.4 Å². The molecule has 4 nitrogen and oxygen atoms in total. The molecular formula is C9H18N4. The predicted molar refractivity (Wildman–Crippen MR) is 53.0 cm³/mol. The molecule has 0 atom stereocenters. The number of nitrogens with zero attached hydrogens (tertiary/aromatic N) is 3. The third-order valence-electron chi connectivity index (χ3n) is 1.84. The van der Waals surface area contributed by atoms with Gasteiger partial charge in [-0.25, -0.2) is 10.4 Å². The first-order valence-electron chi connectivity index (χ1n) is 4.64. The van der Waals surface area contributed by atoms with Gasteiger partial charge in [0.1, 0.15) is 0 Å². The highest BCUT2D eigenvalue weighted by atomic mass is 15.5. The quantitative estimate of drug-likeness (QED) is 0.686. The maximum atomic E-state index is 4.12. The highest BCUT2D eigenvalue weighted by Crippen LogP contribution is 1.99. The van der Waals surface area contributed by atoms with Crippen LogP contribution >= 0.6 is 0 Å². The first-order valence-corrected chi connectivity index (χ1v) is 4.64. The van der Waals surface area contributed by atoms with Crippen molar-refractivity contribution in [3.8, 4) is 0 Å². The number of imidazole rings is 1. The lowest BCUT2D eigenvalue weighted by Gasteiger charge is -2.12. The van der Waals surface area contributed by atoms with Gasteiger partial charge < -0.3 is 4.57 Å². The van der Waals surface area contributed by atoms with Crippen molar-refractivity contribution in [3.63, 3.8) is 0 Å². The maximum absolute atomic E-state index is 4.12. The third kappa shape index (κ3) is 3.16. The molecule has 0 saturated heterocycles. The first kappa shape index (κ1) is 10.2. The van der Waals surface area contributed by atoms with Crippen molar-refractivity contribution in [1.82, 2.24) is 20.0 Å². The Kier molecular flexibility index (Phi) is 3.92. The summed E-state index contributed by atoms with van der Waals surface area (Å²) in [5, 5.41) is 1.95. The van der Waals surface area contributed by atoms with Crippen molar-refractivity contribution in [2.75, 3.05) is 14.1 Å². The zero-order valence-corrected chi connectivity index (χ0v) is 8.62. The highest BCUT2D eigenvalue weighted by Gasteiger charge is 2.00. The van der Waals surface area contributed by atoms with E-state index < -0.39 is 0 Å². The molecule has 1 N–H and O–H groups in total. The second kappa shape index (κ2) is 4.99. The minimum Gasteiger partial charge on any atom is -0.333 e. The Hall–Kier alpha value is -0.870. The lowest BCUT2D eigenvalue weighted by Crippen LogP contribution is -2.30. The molecule has 0 unspecified atom stereocenters. The van der Waals surface area contributed by atoms with Crippen LogP contribution in [0.3, 0.4) is 0 Å². The molecule has 0 aliphatic rings. The maximum Gasteiger partial charge on any atom is 0.0948 e. The van der Waals surface area contributed by atoms with Crippen LogP contribution in [-0.2, 0) is 13.1 Å². The molecule has 0 bridgehead atoms. The Labute approximate surface area is 79.5 Å². The molecule has 4 heteroatoms. The molecule has 1 heterocycles. The molecule has 0 aliphatic heterocycles. The normalized spacial score (nSPS) is 11.1. The molecule has 1 rings (SSSR count). The summed E-state index contributed by atoms with van der Waals surface area (Å²) in [6.07, 6.45) is 4.94. The largest absolute Gasteiger partial charge is 0.333 e. The first-order chi connectivity index (χ1) is 6.24. The Morgan fingerprint density at radius 2 is 2.31 bits per heavy atom. The Morgan fingerprint density at radius 1 is 1.54 bits per heavy atom. The van der Waals surface area contributed by atoms with E-state index in [0.717, 1.165) is 19.5 Å². The van der Waals surface area contributed by atoms with E-state index in [9.17, 15) is 0 Å². The predicted octanol–water partition coefficient (Wildman–Crippen LogP) is 0.859. The van der Waals surface area contributed by atoms with Crippen molar-refractivity contribution < 1.29 is 0 Å². The van der Waals surface area contributed by atoms with Crippen molar-refractivity contribution in [3.05, 3.63) is 18.2 Å². The fourth-order valence-electron chi connectivity index (χ4n) is 1.18. The molecule has 0 aliphatic carbocycles. The van der Waals surface area contributed by atoms with Gasteiger partial charge >= 0.3 is 0 Å². The Morgan fingerprint density at radius 3 is 2.92 bits per heavy atom. The molecule has 0 aromatic carbocycles. The summed E-state index contributed by atoms with van der Waals surface area (Å²) >= 11 is 0. The average Bonchev–Trinajstić information content (AvgIpc) is 2.49. The number of aromatic nitrogens is 2. The van der Waals surface area contributed by atoms with Gasteiger partial charge in [-0.1, -0.05) is 6.92 Å². The van der Waals surface area contributed by atoms with Gasteiger partial charge in [-0.2, -0.15) is 0 Å². The van der Waals surface area contributed by atoms with E-state index in [2.05, 4.69) is 21.9 Å². The summed E-state index contributed by atoms with van der Waals surface area (Å²) in [5.74, 6) is 0. The molecule has 74 valence electrons. The second-order valence-corrected chi connectivity index (χ2v) is 3.31. The van der Waals surface area contributed by atoms with E-state index >= 15 is 0 Å². The Bertz CT molecular complexity index is 242. The third-order valence-corrected chi connectivity index (χ3v) is 1.84. The summed E-state index contributed by atoms with van der Waals surface area (Å²) in [6.45, 7) is 4.06. The van der Waals surface area contributed by atoms with Crippen LogP contribution in [0.1, 0.15) is 19.0 Å². The minimum atomic E-state index is 0.840. The van der Waals surface area contributed by atoms with Gasteiger partial charge in [0, 0.05) is 26.8 Å². The van der Waals surface area contributed by atoms with E-state index in [1.165, 1.54) is 5.69 Å².